The van der Waals surface area contributed by atoms with E-state index >= 15 is 0 Å². The minimum absolute atomic E-state index is 0.0251. The molecule has 0 bridgehead atoms. The molecule has 106 valence electrons. The van der Waals surface area contributed by atoms with Crippen LogP contribution in [-0.4, -0.2) is 23.2 Å². The Morgan fingerprint density at radius 3 is 2.58 bits per heavy atom. The molecular weight excluding hydrogens is 267 g/mol. The lowest BCUT2D eigenvalue weighted by atomic mass is 10.1. The minimum Gasteiger partial charge on any atom is -0.486 e. The van der Waals surface area contributed by atoms with Crippen molar-refractivity contribution in [2.75, 3.05) is 13.2 Å². The first-order chi connectivity index (χ1) is 8.75. The first-order valence-corrected chi connectivity index (χ1v) is 5.35. The average Bonchev–Trinajstić information content (AvgIpc) is 2.34. The van der Waals surface area contributed by atoms with E-state index in [9.17, 15) is 23.3 Å². The summed E-state index contributed by atoms with van der Waals surface area (Å²) in [6.07, 6.45) is -4.65. The molecule has 5 nitrogen and oxygen atoms in total. The molecule has 0 aliphatic heterocycles. The van der Waals surface area contributed by atoms with Gasteiger partial charge in [0.1, 0.15) is 0 Å². The molecule has 0 unspecified atom stereocenters. The summed E-state index contributed by atoms with van der Waals surface area (Å²) in [5.41, 5.74) is -1.86. The van der Waals surface area contributed by atoms with Crippen LogP contribution in [0, 0.1) is 16.0 Å². The van der Waals surface area contributed by atoms with Gasteiger partial charge in [-0.3, -0.25) is 10.1 Å². The van der Waals surface area contributed by atoms with Gasteiger partial charge in [-0.1, -0.05) is 6.92 Å². The zero-order valence-electron chi connectivity index (χ0n) is 9.98. The summed E-state index contributed by atoms with van der Waals surface area (Å²) in [4.78, 5) is 9.79. The van der Waals surface area contributed by atoms with E-state index in [0.717, 1.165) is 6.07 Å². The standard InChI is InChI=1S/C11H12F3NO4/c1-7(5-16)6-19-10-3-2-8(11(12,13)14)4-9(10)15(17)18/h2-4,7,16H,5-6H2,1H3/t7-/m1/s1. The van der Waals surface area contributed by atoms with Crippen molar-refractivity contribution in [2.24, 2.45) is 5.92 Å². The van der Waals surface area contributed by atoms with Gasteiger partial charge >= 0.3 is 11.9 Å². The Morgan fingerprint density at radius 2 is 2.11 bits per heavy atom. The number of rotatable bonds is 5. The van der Waals surface area contributed by atoms with Gasteiger partial charge in [0.2, 0.25) is 0 Å². The smallest absolute Gasteiger partial charge is 0.416 e. The summed E-state index contributed by atoms with van der Waals surface area (Å²) >= 11 is 0. The number of halogens is 3. The molecule has 0 heterocycles. The Kier molecular flexibility index (Phi) is 4.71. The molecule has 0 spiro atoms. The maximum Gasteiger partial charge on any atom is 0.416 e. The molecular formula is C11H12F3NO4. The Balaban J connectivity index is 3.02. The number of aliphatic hydroxyl groups is 1. The summed E-state index contributed by atoms with van der Waals surface area (Å²) in [5.74, 6) is -0.528. The van der Waals surface area contributed by atoms with Crippen molar-refractivity contribution in [1.82, 2.24) is 0 Å². The van der Waals surface area contributed by atoms with Crippen LogP contribution in [0.15, 0.2) is 18.2 Å². The van der Waals surface area contributed by atoms with Gasteiger partial charge in [-0.2, -0.15) is 13.2 Å². The molecule has 0 amide bonds. The topological polar surface area (TPSA) is 72.6 Å². The number of nitro groups is 1. The minimum atomic E-state index is -4.65. The van der Waals surface area contributed by atoms with Crippen LogP contribution in [0.1, 0.15) is 12.5 Å². The molecule has 0 saturated heterocycles. The maximum absolute atomic E-state index is 12.4. The lowest BCUT2D eigenvalue weighted by molar-refractivity contribution is -0.386. The van der Waals surface area contributed by atoms with Gasteiger partial charge in [-0.15, -0.1) is 0 Å². The Hall–Kier alpha value is -1.83. The van der Waals surface area contributed by atoms with Crippen LogP contribution in [0.4, 0.5) is 18.9 Å². The Morgan fingerprint density at radius 1 is 1.47 bits per heavy atom. The van der Waals surface area contributed by atoms with E-state index in [-0.39, 0.29) is 24.9 Å². The summed E-state index contributed by atoms with van der Waals surface area (Å²) in [6, 6.07) is 2.05. The Bertz CT molecular complexity index is 462. The Labute approximate surface area is 106 Å². The van der Waals surface area contributed by atoms with Crippen LogP contribution in [0.2, 0.25) is 0 Å². The molecule has 0 aliphatic rings. The number of hydrogen-bond donors (Lipinski definition) is 1. The number of nitro benzene ring substituents is 1. The van der Waals surface area contributed by atoms with E-state index in [2.05, 4.69) is 0 Å². The fraction of sp³-hybridized carbons (Fsp3) is 0.455. The number of hydrogen-bond acceptors (Lipinski definition) is 4. The normalized spacial score (nSPS) is 13.1. The SMILES string of the molecule is C[C@H](CO)COc1ccc(C(F)(F)F)cc1[N+](=O)[O-]. The van der Waals surface area contributed by atoms with Gasteiger partial charge in [-0.05, 0) is 12.1 Å². The summed E-state index contributed by atoms with van der Waals surface area (Å²) in [7, 11) is 0. The van der Waals surface area contributed by atoms with E-state index in [1.807, 2.05) is 0 Å². The highest BCUT2D eigenvalue weighted by molar-refractivity contribution is 5.49. The third-order valence-electron chi connectivity index (χ3n) is 2.32. The van der Waals surface area contributed by atoms with E-state index < -0.39 is 22.4 Å². The monoisotopic (exact) mass is 279 g/mol. The largest absolute Gasteiger partial charge is 0.486 e. The highest BCUT2D eigenvalue weighted by Gasteiger charge is 2.33. The molecule has 8 heteroatoms. The molecule has 0 fully saturated rings. The number of benzene rings is 1. The number of ether oxygens (including phenoxy) is 1. The maximum atomic E-state index is 12.4. The molecule has 19 heavy (non-hydrogen) atoms. The fourth-order valence-electron chi connectivity index (χ4n) is 1.24. The first kappa shape index (κ1) is 15.2. The van der Waals surface area contributed by atoms with Crippen LogP contribution in [-0.2, 0) is 6.18 Å². The highest BCUT2D eigenvalue weighted by atomic mass is 19.4. The van der Waals surface area contributed by atoms with Crippen LogP contribution in [0.25, 0.3) is 0 Å². The number of aliphatic hydroxyl groups excluding tert-OH is 1. The van der Waals surface area contributed by atoms with Gasteiger partial charge in [-0.25, -0.2) is 0 Å². The number of nitrogens with zero attached hydrogens (tertiary/aromatic N) is 1. The van der Waals surface area contributed by atoms with Crippen molar-refractivity contribution in [3.8, 4) is 5.75 Å². The van der Waals surface area contributed by atoms with Crippen LogP contribution >= 0.6 is 0 Å². The van der Waals surface area contributed by atoms with Crippen molar-refractivity contribution < 1.29 is 27.9 Å². The molecule has 1 aromatic carbocycles. The zero-order chi connectivity index (χ0) is 14.6. The second-order valence-electron chi connectivity index (χ2n) is 4.04. The quantitative estimate of drug-likeness (QED) is 0.664. The van der Waals surface area contributed by atoms with Crippen molar-refractivity contribution >= 4 is 5.69 Å². The molecule has 1 N–H and O–H groups in total. The van der Waals surface area contributed by atoms with E-state index in [4.69, 9.17) is 9.84 Å². The van der Waals surface area contributed by atoms with Crippen molar-refractivity contribution in [1.29, 1.82) is 0 Å². The lowest BCUT2D eigenvalue weighted by Gasteiger charge is -2.12. The van der Waals surface area contributed by atoms with Gasteiger partial charge in [0.05, 0.1) is 17.1 Å². The summed E-state index contributed by atoms with van der Waals surface area (Å²) in [6.45, 7) is 1.42. The fourth-order valence-corrected chi connectivity index (χ4v) is 1.24. The molecule has 0 radical (unpaired) electrons. The second kappa shape index (κ2) is 5.87. The van der Waals surface area contributed by atoms with Crippen molar-refractivity contribution in [2.45, 2.75) is 13.1 Å². The third kappa shape index (κ3) is 4.09. The summed E-state index contributed by atoms with van der Waals surface area (Å²) in [5, 5.41) is 19.5. The molecule has 0 aliphatic carbocycles. The molecule has 1 aromatic rings. The molecule has 1 rings (SSSR count). The molecule has 0 aromatic heterocycles. The van der Waals surface area contributed by atoms with Crippen LogP contribution < -0.4 is 4.74 Å². The second-order valence-corrected chi connectivity index (χ2v) is 4.04. The van der Waals surface area contributed by atoms with E-state index in [0.29, 0.717) is 12.1 Å². The van der Waals surface area contributed by atoms with Gasteiger partial charge in [0.25, 0.3) is 0 Å². The predicted octanol–water partition coefficient (Wildman–Crippen LogP) is 2.62. The van der Waals surface area contributed by atoms with Crippen LogP contribution in [0.3, 0.4) is 0 Å². The van der Waals surface area contributed by atoms with E-state index in [1.54, 1.807) is 6.92 Å². The van der Waals surface area contributed by atoms with Crippen molar-refractivity contribution in [3.05, 3.63) is 33.9 Å². The van der Waals surface area contributed by atoms with Gasteiger partial charge < -0.3 is 9.84 Å². The lowest BCUT2D eigenvalue weighted by Crippen LogP contribution is -2.13. The predicted molar refractivity (Wildman–Crippen MR) is 59.8 cm³/mol. The first-order valence-electron chi connectivity index (χ1n) is 5.35. The van der Waals surface area contributed by atoms with Gasteiger partial charge in [0, 0.05) is 18.6 Å². The highest BCUT2D eigenvalue weighted by Crippen LogP contribution is 2.36. The zero-order valence-corrected chi connectivity index (χ0v) is 9.98. The average molecular weight is 279 g/mol. The van der Waals surface area contributed by atoms with Crippen molar-refractivity contribution in [3.63, 3.8) is 0 Å². The van der Waals surface area contributed by atoms with E-state index in [1.165, 1.54) is 0 Å². The molecule has 0 saturated carbocycles. The molecule has 1 atom stereocenters. The number of alkyl halides is 3. The summed E-state index contributed by atoms with van der Waals surface area (Å²) < 4.78 is 42.4. The third-order valence-corrected chi connectivity index (χ3v) is 2.32. The van der Waals surface area contributed by atoms with Crippen LogP contribution in [0.5, 0.6) is 5.75 Å². The van der Waals surface area contributed by atoms with Gasteiger partial charge in [0.15, 0.2) is 5.75 Å².